The van der Waals surface area contributed by atoms with Crippen LogP contribution in [0, 0.1) is 0 Å². The average molecular weight is 280 g/mol. The highest BCUT2D eigenvalue weighted by Crippen LogP contribution is 2.22. The Morgan fingerprint density at radius 1 is 1.14 bits per heavy atom. The molecule has 0 atom stereocenters. The number of carbonyl (C=O) groups is 1. The van der Waals surface area contributed by atoms with Crippen molar-refractivity contribution in [2.45, 2.75) is 0 Å². The summed E-state index contributed by atoms with van der Waals surface area (Å²) in [6, 6.07) is 9.24. The van der Waals surface area contributed by atoms with Crippen LogP contribution in [0.4, 0.5) is 11.5 Å². The van der Waals surface area contributed by atoms with E-state index in [0.29, 0.717) is 11.5 Å². The van der Waals surface area contributed by atoms with Gasteiger partial charge in [0, 0.05) is 5.39 Å². The summed E-state index contributed by atoms with van der Waals surface area (Å²) in [6.07, 6.45) is 4.41. The fourth-order valence-electron chi connectivity index (χ4n) is 1.98. The molecule has 7 nitrogen and oxygen atoms in total. The number of hydrogen-bond donors (Lipinski definition) is 3. The second kappa shape index (κ2) is 5.51. The number of hydrogen-bond acceptors (Lipinski definition) is 6. The zero-order valence-electron chi connectivity index (χ0n) is 10.9. The lowest BCUT2D eigenvalue weighted by Gasteiger charge is -2.09. The Morgan fingerprint density at radius 3 is 2.67 bits per heavy atom. The third kappa shape index (κ3) is 2.63. The number of nitrogens with one attached hydrogen (secondary N) is 2. The molecular formula is C14H12N6O. The topological polar surface area (TPSA) is 106 Å². The van der Waals surface area contributed by atoms with Crippen molar-refractivity contribution in [1.29, 1.82) is 0 Å². The van der Waals surface area contributed by atoms with Gasteiger partial charge < -0.3 is 10.7 Å². The molecule has 1 aromatic carbocycles. The van der Waals surface area contributed by atoms with Crippen LogP contribution in [0.5, 0.6) is 0 Å². The van der Waals surface area contributed by atoms with Gasteiger partial charge in [-0.1, -0.05) is 24.3 Å². The van der Waals surface area contributed by atoms with E-state index in [4.69, 9.17) is 5.84 Å². The maximum absolute atomic E-state index is 12.2. The number of fused-ring (bicyclic) bond motifs is 1. The molecule has 0 unspecified atom stereocenters. The largest absolute Gasteiger partial charge is 0.318 e. The lowest BCUT2D eigenvalue weighted by atomic mass is 10.1. The Hall–Kier alpha value is -3.06. The predicted octanol–water partition coefficient (Wildman–Crippen LogP) is 1.56. The third-order valence-electron chi connectivity index (χ3n) is 2.93. The molecule has 0 aliphatic carbocycles. The molecule has 0 bridgehead atoms. The number of pyridine rings is 1. The van der Waals surface area contributed by atoms with Crippen LogP contribution in [0.25, 0.3) is 10.8 Å². The lowest BCUT2D eigenvalue weighted by Crippen LogP contribution is -2.16. The molecule has 0 fully saturated rings. The zero-order chi connectivity index (χ0) is 14.7. The van der Waals surface area contributed by atoms with E-state index in [-0.39, 0.29) is 11.6 Å². The summed E-state index contributed by atoms with van der Waals surface area (Å²) in [5, 5.41) is 4.40. The van der Waals surface area contributed by atoms with Gasteiger partial charge in [0.15, 0.2) is 0 Å². The summed E-state index contributed by atoms with van der Waals surface area (Å²) in [6.45, 7) is 0. The van der Waals surface area contributed by atoms with Crippen molar-refractivity contribution in [3.8, 4) is 0 Å². The summed E-state index contributed by atoms with van der Waals surface area (Å²) < 4.78 is 0. The average Bonchev–Trinajstić information content (AvgIpc) is 2.54. The standard InChI is InChI=1S/C14H12N6O/c15-20-13-11-4-2-1-3-9(11)5-12(19-13)14(21)18-10-6-16-8-17-7-10/h1-8H,15H2,(H,18,21)(H,19,20). The van der Waals surface area contributed by atoms with E-state index in [1.807, 2.05) is 24.3 Å². The number of rotatable bonds is 3. The number of nitrogens with zero attached hydrogens (tertiary/aromatic N) is 3. The highest BCUT2D eigenvalue weighted by molar-refractivity contribution is 6.06. The molecule has 0 spiro atoms. The van der Waals surface area contributed by atoms with Gasteiger partial charge in [-0.3, -0.25) is 4.79 Å². The molecule has 21 heavy (non-hydrogen) atoms. The monoisotopic (exact) mass is 280 g/mol. The van der Waals surface area contributed by atoms with Crippen molar-refractivity contribution in [2.24, 2.45) is 5.84 Å². The Morgan fingerprint density at radius 2 is 1.90 bits per heavy atom. The molecule has 2 heterocycles. The van der Waals surface area contributed by atoms with Crippen LogP contribution in [0.15, 0.2) is 49.1 Å². The molecule has 2 aromatic heterocycles. The second-order valence-corrected chi connectivity index (χ2v) is 4.30. The van der Waals surface area contributed by atoms with Gasteiger partial charge in [-0.25, -0.2) is 20.8 Å². The minimum Gasteiger partial charge on any atom is -0.318 e. The molecule has 3 aromatic rings. The molecular weight excluding hydrogens is 268 g/mol. The van der Waals surface area contributed by atoms with Crippen LogP contribution in [-0.2, 0) is 0 Å². The van der Waals surface area contributed by atoms with Gasteiger partial charge in [0.2, 0.25) is 0 Å². The molecule has 4 N–H and O–H groups in total. The molecule has 7 heteroatoms. The van der Waals surface area contributed by atoms with Crippen molar-refractivity contribution in [2.75, 3.05) is 10.7 Å². The smallest absolute Gasteiger partial charge is 0.274 e. The summed E-state index contributed by atoms with van der Waals surface area (Å²) >= 11 is 0. The Bertz CT molecular complexity index is 790. The van der Waals surface area contributed by atoms with Gasteiger partial charge in [0.05, 0.1) is 18.1 Å². The van der Waals surface area contributed by atoms with Gasteiger partial charge in [-0.05, 0) is 11.5 Å². The molecule has 3 rings (SSSR count). The minimum absolute atomic E-state index is 0.255. The van der Waals surface area contributed by atoms with Gasteiger partial charge in [-0.15, -0.1) is 0 Å². The summed E-state index contributed by atoms with van der Waals surface area (Å²) in [5.41, 5.74) is 3.27. The van der Waals surface area contributed by atoms with E-state index in [2.05, 4.69) is 25.7 Å². The first-order valence-corrected chi connectivity index (χ1v) is 6.20. The summed E-state index contributed by atoms with van der Waals surface area (Å²) in [7, 11) is 0. The number of nitrogen functional groups attached to an aromatic ring is 1. The number of aromatic nitrogens is 3. The fraction of sp³-hybridized carbons (Fsp3) is 0. The Labute approximate surface area is 120 Å². The molecule has 0 radical (unpaired) electrons. The quantitative estimate of drug-likeness (QED) is 0.496. The fourth-order valence-corrected chi connectivity index (χ4v) is 1.98. The van der Waals surface area contributed by atoms with Crippen LogP contribution in [0.3, 0.4) is 0 Å². The first kappa shape index (κ1) is 12.9. The van der Waals surface area contributed by atoms with Crippen molar-refractivity contribution < 1.29 is 4.79 Å². The van der Waals surface area contributed by atoms with Crippen LogP contribution >= 0.6 is 0 Å². The molecule has 0 aliphatic heterocycles. The maximum atomic E-state index is 12.2. The SMILES string of the molecule is NNc1nc(C(=O)Nc2cncnc2)cc2ccccc12. The summed E-state index contributed by atoms with van der Waals surface area (Å²) in [5.74, 6) is 5.57. The number of amides is 1. The minimum atomic E-state index is -0.355. The van der Waals surface area contributed by atoms with E-state index in [0.717, 1.165) is 10.8 Å². The maximum Gasteiger partial charge on any atom is 0.274 e. The molecule has 0 aliphatic rings. The molecule has 104 valence electrons. The van der Waals surface area contributed by atoms with Crippen LogP contribution in [0.1, 0.15) is 10.5 Å². The zero-order valence-corrected chi connectivity index (χ0v) is 10.9. The van der Waals surface area contributed by atoms with Crippen molar-refractivity contribution in [1.82, 2.24) is 15.0 Å². The number of hydrazine groups is 1. The Balaban J connectivity index is 1.98. The van der Waals surface area contributed by atoms with Gasteiger partial charge in [-0.2, -0.15) is 0 Å². The van der Waals surface area contributed by atoms with Crippen LogP contribution < -0.4 is 16.6 Å². The van der Waals surface area contributed by atoms with Crippen molar-refractivity contribution >= 4 is 28.2 Å². The normalized spacial score (nSPS) is 10.3. The van der Waals surface area contributed by atoms with E-state index in [9.17, 15) is 4.79 Å². The molecule has 0 saturated heterocycles. The highest BCUT2D eigenvalue weighted by atomic mass is 16.1. The first-order chi connectivity index (χ1) is 10.3. The number of carbonyl (C=O) groups excluding carboxylic acids is 1. The van der Waals surface area contributed by atoms with Crippen LogP contribution in [0.2, 0.25) is 0 Å². The highest BCUT2D eigenvalue weighted by Gasteiger charge is 2.12. The third-order valence-corrected chi connectivity index (χ3v) is 2.93. The van der Waals surface area contributed by atoms with E-state index in [1.54, 1.807) is 6.07 Å². The van der Waals surface area contributed by atoms with E-state index < -0.39 is 0 Å². The lowest BCUT2D eigenvalue weighted by molar-refractivity contribution is 0.102. The van der Waals surface area contributed by atoms with Crippen molar-refractivity contribution in [3.05, 3.63) is 54.7 Å². The number of benzene rings is 1. The van der Waals surface area contributed by atoms with E-state index >= 15 is 0 Å². The van der Waals surface area contributed by atoms with Crippen molar-refractivity contribution in [3.63, 3.8) is 0 Å². The molecule has 1 amide bonds. The van der Waals surface area contributed by atoms with E-state index in [1.165, 1.54) is 18.7 Å². The summed E-state index contributed by atoms with van der Waals surface area (Å²) in [4.78, 5) is 24.1. The molecule has 0 saturated carbocycles. The van der Waals surface area contributed by atoms with Gasteiger partial charge in [0.25, 0.3) is 5.91 Å². The van der Waals surface area contributed by atoms with Gasteiger partial charge >= 0.3 is 0 Å². The second-order valence-electron chi connectivity index (χ2n) is 4.30. The number of anilines is 2. The van der Waals surface area contributed by atoms with Gasteiger partial charge in [0.1, 0.15) is 17.8 Å². The predicted molar refractivity (Wildman–Crippen MR) is 79.5 cm³/mol. The Kier molecular flexibility index (Phi) is 3.40. The van der Waals surface area contributed by atoms with Crippen LogP contribution in [-0.4, -0.2) is 20.9 Å². The first-order valence-electron chi connectivity index (χ1n) is 6.20. The number of nitrogens with two attached hydrogens (primary N) is 1.